The largest absolute Gasteiger partial charge is 0.324 e. The van der Waals surface area contributed by atoms with Crippen LogP contribution in [0.15, 0.2) is 42.5 Å². The van der Waals surface area contributed by atoms with E-state index in [9.17, 15) is 4.79 Å². The number of piperazine rings is 1. The number of hydrogen-bond acceptors (Lipinski definition) is 3. The van der Waals surface area contributed by atoms with Crippen LogP contribution in [0.2, 0.25) is 5.02 Å². The molecular weight excluding hydrogens is 394 g/mol. The number of halogens is 1. The molecule has 0 spiro atoms. The van der Waals surface area contributed by atoms with Crippen molar-refractivity contribution in [1.82, 2.24) is 9.80 Å². The monoisotopic (exact) mass is 427 g/mol. The molecule has 1 heterocycles. The van der Waals surface area contributed by atoms with Gasteiger partial charge in [-0.05, 0) is 62.4 Å². The molecule has 0 atom stereocenters. The maximum Gasteiger partial charge on any atom is 0.238 e. The second kappa shape index (κ2) is 11.5. The van der Waals surface area contributed by atoms with Gasteiger partial charge in [0.25, 0.3) is 0 Å². The molecule has 0 radical (unpaired) electrons. The van der Waals surface area contributed by atoms with E-state index in [-0.39, 0.29) is 5.91 Å². The minimum Gasteiger partial charge on any atom is -0.324 e. The molecule has 0 bridgehead atoms. The van der Waals surface area contributed by atoms with Gasteiger partial charge >= 0.3 is 0 Å². The van der Waals surface area contributed by atoms with E-state index in [0.29, 0.717) is 6.54 Å². The number of carbonyl (C=O) groups is 1. The molecule has 0 aliphatic carbocycles. The highest BCUT2D eigenvalue weighted by molar-refractivity contribution is 6.31. The zero-order valence-electron chi connectivity index (χ0n) is 18.3. The van der Waals surface area contributed by atoms with Crippen molar-refractivity contribution in [2.45, 2.75) is 39.5 Å². The molecule has 4 nitrogen and oxygen atoms in total. The van der Waals surface area contributed by atoms with Gasteiger partial charge in [-0.3, -0.25) is 9.69 Å². The second-order valence-corrected chi connectivity index (χ2v) is 8.74. The van der Waals surface area contributed by atoms with E-state index >= 15 is 0 Å². The van der Waals surface area contributed by atoms with E-state index in [1.807, 2.05) is 44.2 Å². The van der Waals surface area contributed by atoms with Crippen LogP contribution in [0.25, 0.3) is 0 Å². The Balaban J connectivity index is 1.30. The van der Waals surface area contributed by atoms with Crippen molar-refractivity contribution < 1.29 is 4.79 Å². The average molecular weight is 428 g/mol. The number of rotatable bonds is 9. The van der Waals surface area contributed by atoms with Gasteiger partial charge in [0, 0.05) is 36.9 Å². The van der Waals surface area contributed by atoms with E-state index in [4.69, 9.17) is 11.6 Å². The minimum atomic E-state index is 0.0837. The van der Waals surface area contributed by atoms with Crippen molar-refractivity contribution >= 4 is 23.2 Å². The smallest absolute Gasteiger partial charge is 0.238 e. The number of anilines is 1. The molecular formula is C25H34ClN3O. The fraction of sp³-hybridized carbons (Fsp3) is 0.480. The molecule has 1 aliphatic heterocycles. The summed E-state index contributed by atoms with van der Waals surface area (Å²) in [5, 5.41) is 3.98. The van der Waals surface area contributed by atoms with Gasteiger partial charge in [-0.1, -0.05) is 54.4 Å². The summed E-state index contributed by atoms with van der Waals surface area (Å²) in [5.41, 5.74) is 4.44. The highest BCUT2D eigenvalue weighted by atomic mass is 35.5. The van der Waals surface area contributed by atoms with E-state index in [1.54, 1.807) is 0 Å². The number of unbranched alkanes of at least 4 members (excludes halogenated alkanes) is 2. The summed E-state index contributed by atoms with van der Waals surface area (Å²) < 4.78 is 0. The van der Waals surface area contributed by atoms with Crippen LogP contribution in [0.4, 0.5) is 5.69 Å². The molecule has 2 aromatic rings. The van der Waals surface area contributed by atoms with Gasteiger partial charge in [-0.15, -0.1) is 0 Å². The standard InChI is InChI=1S/C25H34ClN3O/c1-20-9-8-10-21(2)25(20)27-24(30)19-29-17-15-28(16-18-29)14-7-3-4-11-22-12-5-6-13-23(22)26/h5-6,8-10,12-13H,3-4,7,11,14-19H2,1-2H3,(H,27,30). The van der Waals surface area contributed by atoms with E-state index < -0.39 is 0 Å². The Labute approximate surface area is 186 Å². The summed E-state index contributed by atoms with van der Waals surface area (Å²) in [6.45, 7) is 9.69. The predicted octanol–water partition coefficient (Wildman–Crippen LogP) is 4.93. The number of nitrogens with one attached hydrogen (secondary N) is 1. The first-order valence-corrected chi connectivity index (χ1v) is 11.4. The normalized spacial score (nSPS) is 15.3. The number of amides is 1. The first-order valence-electron chi connectivity index (χ1n) is 11.1. The summed E-state index contributed by atoms with van der Waals surface area (Å²) in [6, 6.07) is 14.2. The van der Waals surface area contributed by atoms with Crippen LogP contribution in [-0.2, 0) is 11.2 Å². The molecule has 2 aromatic carbocycles. The predicted molar refractivity (Wildman–Crippen MR) is 126 cm³/mol. The lowest BCUT2D eigenvalue weighted by Crippen LogP contribution is -2.48. The van der Waals surface area contributed by atoms with Gasteiger partial charge in [0.1, 0.15) is 0 Å². The number of carbonyl (C=O) groups excluding carboxylic acids is 1. The first kappa shape index (κ1) is 22.8. The van der Waals surface area contributed by atoms with Crippen molar-refractivity contribution in [2.24, 2.45) is 0 Å². The number of hydrogen-bond donors (Lipinski definition) is 1. The molecule has 0 aromatic heterocycles. The Hall–Kier alpha value is -1.88. The van der Waals surface area contributed by atoms with Crippen molar-refractivity contribution in [3.8, 4) is 0 Å². The van der Waals surface area contributed by atoms with Crippen molar-refractivity contribution in [1.29, 1.82) is 0 Å². The molecule has 0 saturated carbocycles. The third-order valence-corrected chi connectivity index (χ3v) is 6.32. The fourth-order valence-electron chi connectivity index (χ4n) is 4.09. The zero-order chi connectivity index (χ0) is 21.3. The number of benzene rings is 2. The second-order valence-electron chi connectivity index (χ2n) is 8.33. The van der Waals surface area contributed by atoms with Crippen LogP contribution in [0, 0.1) is 13.8 Å². The van der Waals surface area contributed by atoms with Crippen LogP contribution in [-0.4, -0.2) is 55.0 Å². The lowest BCUT2D eigenvalue weighted by molar-refractivity contribution is -0.117. The summed E-state index contributed by atoms with van der Waals surface area (Å²) in [6.07, 6.45) is 4.69. The molecule has 1 amide bonds. The van der Waals surface area contributed by atoms with Gasteiger partial charge in [0.05, 0.1) is 6.54 Å². The molecule has 162 valence electrons. The summed E-state index contributed by atoms with van der Waals surface area (Å²) in [5.74, 6) is 0.0837. The Morgan fingerprint density at radius 2 is 1.57 bits per heavy atom. The number of nitrogens with zero attached hydrogens (tertiary/aromatic N) is 2. The third kappa shape index (κ3) is 6.83. The van der Waals surface area contributed by atoms with Crippen LogP contribution in [0.5, 0.6) is 0 Å². The van der Waals surface area contributed by atoms with Crippen LogP contribution in [0.3, 0.4) is 0 Å². The maximum absolute atomic E-state index is 12.5. The Morgan fingerprint density at radius 3 is 2.27 bits per heavy atom. The number of aryl methyl sites for hydroxylation is 3. The molecule has 1 fully saturated rings. The molecule has 30 heavy (non-hydrogen) atoms. The number of para-hydroxylation sites is 1. The van der Waals surface area contributed by atoms with Crippen LogP contribution < -0.4 is 5.32 Å². The molecule has 1 saturated heterocycles. The van der Waals surface area contributed by atoms with Crippen molar-refractivity contribution in [3.63, 3.8) is 0 Å². The highest BCUT2D eigenvalue weighted by Crippen LogP contribution is 2.20. The van der Waals surface area contributed by atoms with Gasteiger partial charge in [0.15, 0.2) is 0 Å². The molecule has 0 unspecified atom stereocenters. The molecule has 1 N–H and O–H groups in total. The Morgan fingerprint density at radius 1 is 0.900 bits per heavy atom. The van der Waals surface area contributed by atoms with E-state index in [1.165, 1.54) is 24.8 Å². The Bertz CT molecular complexity index is 811. The molecule has 3 rings (SSSR count). The lowest BCUT2D eigenvalue weighted by Gasteiger charge is -2.34. The van der Waals surface area contributed by atoms with Gasteiger partial charge in [-0.25, -0.2) is 0 Å². The zero-order valence-corrected chi connectivity index (χ0v) is 19.0. The van der Waals surface area contributed by atoms with E-state index in [2.05, 4.69) is 27.2 Å². The summed E-state index contributed by atoms with van der Waals surface area (Å²) >= 11 is 6.23. The third-order valence-electron chi connectivity index (χ3n) is 5.96. The quantitative estimate of drug-likeness (QED) is 0.576. The van der Waals surface area contributed by atoms with Crippen LogP contribution >= 0.6 is 11.6 Å². The fourth-order valence-corrected chi connectivity index (χ4v) is 4.32. The summed E-state index contributed by atoms with van der Waals surface area (Å²) in [4.78, 5) is 17.3. The van der Waals surface area contributed by atoms with E-state index in [0.717, 1.165) is 61.0 Å². The minimum absolute atomic E-state index is 0.0837. The first-order chi connectivity index (χ1) is 14.5. The van der Waals surface area contributed by atoms with Gasteiger partial charge in [-0.2, -0.15) is 0 Å². The van der Waals surface area contributed by atoms with Crippen LogP contribution in [0.1, 0.15) is 36.0 Å². The maximum atomic E-state index is 12.5. The molecule has 5 heteroatoms. The summed E-state index contributed by atoms with van der Waals surface area (Å²) in [7, 11) is 0. The highest BCUT2D eigenvalue weighted by Gasteiger charge is 2.19. The Kier molecular flexibility index (Phi) is 8.74. The van der Waals surface area contributed by atoms with Crippen molar-refractivity contribution in [3.05, 3.63) is 64.2 Å². The average Bonchev–Trinajstić information content (AvgIpc) is 2.73. The molecule has 1 aliphatic rings. The SMILES string of the molecule is Cc1cccc(C)c1NC(=O)CN1CCN(CCCCCc2ccccc2Cl)CC1. The lowest BCUT2D eigenvalue weighted by atomic mass is 10.1. The van der Waals surface area contributed by atoms with Crippen molar-refractivity contribution in [2.75, 3.05) is 44.6 Å². The van der Waals surface area contributed by atoms with Gasteiger partial charge < -0.3 is 10.2 Å². The van der Waals surface area contributed by atoms with Gasteiger partial charge in [0.2, 0.25) is 5.91 Å². The topological polar surface area (TPSA) is 35.6 Å².